The van der Waals surface area contributed by atoms with Gasteiger partial charge in [-0.15, -0.1) is 11.8 Å². The molecule has 0 saturated carbocycles. The van der Waals surface area contributed by atoms with E-state index in [4.69, 9.17) is 5.11 Å². The second kappa shape index (κ2) is 2.73. The predicted octanol–water partition coefficient (Wildman–Crippen LogP) is 0.0403. The number of nitrogens with one attached hydrogen (secondary N) is 1. The Morgan fingerprint density at radius 1 is 1.91 bits per heavy atom. The average Bonchev–Trinajstić information content (AvgIpc) is 2.08. The fourth-order valence-corrected chi connectivity index (χ4v) is 1.91. The lowest BCUT2D eigenvalue weighted by atomic mass is 10.2. The number of rotatable bonds is 2. The van der Waals surface area contributed by atoms with Crippen molar-refractivity contribution < 1.29 is 14.7 Å². The second-order valence-corrected chi connectivity index (χ2v) is 4.12. The van der Waals surface area contributed by atoms with Crippen LogP contribution in [-0.2, 0) is 9.59 Å². The summed E-state index contributed by atoms with van der Waals surface area (Å²) in [6, 6.07) is 0. The standard InChI is InChI=1S/C6H9NO3S/c1-6(2-5(9)10)7-4(8)3-11-6/h2-3H2,1H3,(H,7,8)(H,9,10). The van der Waals surface area contributed by atoms with Crippen molar-refractivity contribution in [2.24, 2.45) is 0 Å². The summed E-state index contributed by atoms with van der Waals surface area (Å²) >= 11 is 1.34. The first-order valence-electron chi connectivity index (χ1n) is 3.19. The van der Waals surface area contributed by atoms with E-state index in [1.54, 1.807) is 6.92 Å². The maximum atomic E-state index is 10.7. The molecule has 1 heterocycles. The number of carbonyl (C=O) groups is 2. The minimum atomic E-state index is -0.887. The first-order valence-corrected chi connectivity index (χ1v) is 4.17. The molecule has 0 aromatic carbocycles. The highest BCUT2D eigenvalue weighted by Crippen LogP contribution is 2.30. The van der Waals surface area contributed by atoms with E-state index in [0.717, 1.165) is 0 Å². The fourth-order valence-electron chi connectivity index (χ4n) is 0.976. The van der Waals surface area contributed by atoms with Gasteiger partial charge in [0.2, 0.25) is 5.91 Å². The molecule has 62 valence electrons. The maximum absolute atomic E-state index is 10.7. The first kappa shape index (κ1) is 8.39. The zero-order chi connectivity index (χ0) is 8.48. The molecule has 0 aromatic rings. The van der Waals surface area contributed by atoms with Gasteiger partial charge < -0.3 is 10.4 Å². The Bertz CT molecular complexity index is 206. The number of thioether (sulfide) groups is 1. The molecule has 11 heavy (non-hydrogen) atoms. The van der Waals surface area contributed by atoms with Crippen LogP contribution in [0.2, 0.25) is 0 Å². The number of carbonyl (C=O) groups excluding carboxylic acids is 1. The van der Waals surface area contributed by atoms with Gasteiger partial charge in [0.1, 0.15) is 0 Å². The molecule has 1 unspecified atom stereocenters. The Morgan fingerprint density at radius 2 is 2.55 bits per heavy atom. The van der Waals surface area contributed by atoms with Gasteiger partial charge in [0.15, 0.2) is 0 Å². The van der Waals surface area contributed by atoms with Gasteiger partial charge >= 0.3 is 5.97 Å². The molecular formula is C6H9NO3S. The molecule has 0 bridgehead atoms. The lowest BCUT2D eigenvalue weighted by Crippen LogP contribution is -2.38. The van der Waals surface area contributed by atoms with Crippen LogP contribution in [0.1, 0.15) is 13.3 Å². The van der Waals surface area contributed by atoms with Gasteiger partial charge in [0.25, 0.3) is 0 Å². The Morgan fingerprint density at radius 3 is 2.91 bits per heavy atom. The number of hydrogen-bond acceptors (Lipinski definition) is 3. The van der Waals surface area contributed by atoms with Crippen molar-refractivity contribution in [2.45, 2.75) is 18.2 Å². The van der Waals surface area contributed by atoms with Gasteiger partial charge in [0.05, 0.1) is 17.0 Å². The molecule has 0 spiro atoms. The lowest BCUT2D eigenvalue weighted by Gasteiger charge is -2.19. The van der Waals surface area contributed by atoms with Crippen molar-refractivity contribution >= 4 is 23.6 Å². The molecule has 1 aliphatic heterocycles. The van der Waals surface area contributed by atoms with Crippen molar-refractivity contribution in [3.8, 4) is 0 Å². The highest BCUT2D eigenvalue weighted by Gasteiger charge is 2.35. The third-order valence-corrected chi connectivity index (χ3v) is 2.70. The van der Waals surface area contributed by atoms with Gasteiger partial charge in [-0.25, -0.2) is 0 Å². The van der Waals surface area contributed by atoms with E-state index in [0.29, 0.717) is 5.75 Å². The number of hydrogen-bond donors (Lipinski definition) is 2. The molecule has 4 nitrogen and oxygen atoms in total. The molecule has 1 atom stereocenters. The summed E-state index contributed by atoms with van der Waals surface area (Å²) in [6.07, 6.45) is -0.0244. The van der Waals surface area contributed by atoms with Crippen LogP contribution in [0.4, 0.5) is 0 Å². The zero-order valence-corrected chi connectivity index (χ0v) is 6.90. The smallest absolute Gasteiger partial charge is 0.306 e. The van der Waals surface area contributed by atoms with Gasteiger partial charge in [-0.2, -0.15) is 0 Å². The summed E-state index contributed by atoms with van der Waals surface area (Å²) in [4.78, 5) is 20.4. The SMILES string of the molecule is CC1(CC(=O)O)NC(=O)CS1. The molecule has 1 rings (SSSR count). The van der Waals surface area contributed by atoms with Crippen LogP contribution < -0.4 is 5.32 Å². The van der Waals surface area contributed by atoms with Crippen molar-refractivity contribution in [1.82, 2.24) is 5.32 Å². The van der Waals surface area contributed by atoms with Crippen LogP contribution in [0.15, 0.2) is 0 Å². The van der Waals surface area contributed by atoms with Gasteiger partial charge in [0, 0.05) is 0 Å². The van der Waals surface area contributed by atoms with Crippen LogP contribution in [0.3, 0.4) is 0 Å². The predicted molar refractivity (Wildman–Crippen MR) is 41.3 cm³/mol. The van der Waals surface area contributed by atoms with E-state index in [-0.39, 0.29) is 12.3 Å². The summed E-state index contributed by atoms with van der Waals surface area (Å²) in [5.74, 6) is -0.606. The van der Waals surface area contributed by atoms with Gasteiger partial charge in [-0.05, 0) is 6.92 Å². The van der Waals surface area contributed by atoms with Crippen LogP contribution in [0.25, 0.3) is 0 Å². The van der Waals surface area contributed by atoms with Gasteiger partial charge in [-0.1, -0.05) is 0 Å². The van der Waals surface area contributed by atoms with Crippen molar-refractivity contribution in [1.29, 1.82) is 0 Å². The summed E-state index contributed by atoms with van der Waals surface area (Å²) in [7, 11) is 0. The lowest BCUT2D eigenvalue weighted by molar-refractivity contribution is -0.137. The topological polar surface area (TPSA) is 66.4 Å². The van der Waals surface area contributed by atoms with E-state index in [2.05, 4.69) is 5.32 Å². The summed E-state index contributed by atoms with van der Waals surface area (Å²) in [5, 5.41) is 11.1. The minimum Gasteiger partial charge on any atom is -0.481 e. The fraction of sp³-hybridized carbons (Fsp3) is 0.667. The highest BCUT2D eigenvalue weighted by atomic mass is 32.2. The van der Waals surface area contributed by atoms with Crippen molar-refractivity contribution in [2.75, 3.05) is 5.75 Å². The average molecular weight is 175 g/mol. The molecule has 5 heteroatoms. The Labute approximate surface area is 68.3 Å². The van der Waals surface area contributed by atoms with E-state index in [1.807, 2.05) is 0 Å². The molecule has 1 fully saturated rings. The molecule has 1 amide bonds. The third-order valence-electron chi connectivity index (χ3n) is 1.41. The summed E-state index contributed by atoms with van der Waals surface area (Å²) < 4.78 is 0. The quantitative estimate of drug-likeness (QED) is 0.622. The van der Waals surface area contributed by atoms with Crippen molar-refractivity contribution in [3.05, 3.63) is 0 Å². The number of aliphatic carboxylic acids is 1. The third kappa shape index (κ3) is 2.11. The summed E-state index contributed by atoms with van der Waals surface area (Å²) in [5.41, 5.74) is 0. The zero-order valence-electron chi connectivity index (χ0n) is 6.09. The van der Waals surface area contributed by atoms with E-state index in [9.17, 15) is 9.59 Å². The van der Waals surface area contributed by atoms with Crippen LogP contribution >= 0.6 is 11.8 Å². The molecule has 0 aromatic heterocycles. The highest BCUT2D eigenvalue weighted by molar-refractivity contribution is 8.01. The first-order chi connectivity index (χ1) is 5.02. The van der Waals surface area contributed by atoms with Crippen LogP contribution in [0.5, 0.6) is 0 Å². The molecular weight excluding hydrogens is 166 g/mol. The van der Waals surface area contributed by atoms with Crippen LogP contribution in [-0.4, -0.2) is 27.6 Å². The second-order valence-electron chi connectivity index (χ2n) is 2.64. The Hall–Kier alpha value is -0.710. The van der Waals surface area contributed by atoms with E-state index in [1.165, 1.54) is 11.8 Å². The number of carboxylic acids is 1. The summed E-state index contributed by atoms with van der Waals surface area (Å²) in [6.45, 7) is 1.72. The molecule has 2 N–H and O–H groups in total. The van der Waals surface area contributed by atoms with Crippen LogP contribution in [0, 0.1) is 0 Å². The molecule has 0 aliphatic carbocycles. The largest absolute Gasteiger partial charge is 0.481 e. The molecule has 1 aliphatic rings. The Kier molecular flexibility index (Phi) is 2.08. The number of carboxylic acid groups (broad SMARTS) is 1. The minimum absolute atomic E-state index is 0.0244. The Balaban J connectivity index is 2.55. The number of amides is 1. The molecule has 1 saturated heterocycles. The normalized spacial score (nSPS) is 30.1. The monoisotopic (exact) mass is 175 g/mol. The molecule has 0 radical (unpaired) electrons. The maximum Gasteiger partial charge on any atom is 0.306 e. The van der Waals surface area contributed by atoms with E-state index < -0.39 is 10.8 Å². The van der Waals surface area contributed by atoms with Gasteiger partial charge in [-0.3, -0.25) is 9.59 Å². The van der Waals surface area contributed by atoms with E-state index >= 15 is 0 Å². The van der Waals surface area contributed by atoms with Crippen molar-refractivity contribution in [3.63, 3.8) is 0 Å².